The van der Waals surface area contributed by atoms with E-state index >= 15 is 0 Å². The van der Waals surface area contributed by atoms with Gasteiger partial charge in [0.2, 0.25) is 0 Å². The summed E-state index contributed by atoms with van der Waals surface area (Å²) in [5.41, 5.74) is 0. The largest absolute Gasteiger partial charge is 0.298 e. The normalized spacial score (nSPS) is 12.4. The molecule has 0 fully saturated rings. The number of hydrogen-bond donors (Lipinski definition) is 0. The number of Topliss-reactive ketones (excluding diaryl/α,β-unsaturated/α-hetero) is 1. The molecule has 0 radical (unpaired) electrons. The van der Waals surface area contributed by atoms with Crippen LogP contribution < -0.4 is 0 Å². The van der Waals surface area contributed by atoms with Crippen molar-refractivity contribution in [2.24, 2.45) is 5.92 Å². The van der Waals surface area contributed by atoms with Gasteiger partial charge in [0.15, 0.2) is 0 Å². The predicted molar refractivity (Wildman–Crippen MR) is 66.2 cm³/mol. The van der Waals surface area contributed by atoms with E-state index in [0.29, 0.717) is 11.5 Å². The van der Waals surface area contributed by atoms with Crippen LogP contribution in [0.25, 0.3) is 0 Å². The minimum atomic E-state index is 0.214. The summed E-state index contributed by atoms with van der Waals surface area (Å²) in [6, 6.07) is 10.1. The Morgan fingerprint density at radius 1 is 1.33 bits per heavy atom. The molecule has 0 spiro atoms. The number of rotatable bonds is 6. The van der Waals surface area contributed by atoms with Crippen molar-refractivity contribution >= 4 is 17.5 Å². The van der Waals surface area contributed by atoms with Gasteiger partial charge in [0.25, 0.3) is 0 Å². The number of ketones is 1. The molecule has 0 aliphatic rings. The second-order valence-electron chi connectivity index (χ2n) is 3.76. The van der Waals surface area contributed by atoms with Gasteiger partial charge in [0.1, 0.15) is 5.78 Å². The predicted octanol–water partition coefficient (Wildman–Crippen LogP) is 3.78. The van der Waals surface area contributed by atoms with Crippen molar-refractivity contribution in [1.82, 2.24) is 0 Å². The summed E-state index contributed by atoms with van der Waals surface area (Å²) >= 11 is 1.63. The van der Waals surface area contributed by atoms with Gasteiger partial charge in [-0.2, -0.15) is 0 Å². The molecule has 1 nitrogen and oxygen atoms in total. The third-order valence-corrected chi connectivity index (χ3v) is 3.43. The van der Waals surface area contributed by atoms with Crippen molar-refractivity contribution in [1.29, 1.82) is 0 Å². The zero-order chi connectivity index (χ0) is 11.1. The molecule has 0 aliphatic carbocycles. The van der Waals surface area contributed by atoms with E-state index in [1.807, 2.05) is 37.3 Å². The second kappa shape index (κ2) is 6.67. The third kappa shape index (κ3) is 4.52. The number of hydrogen-bond acceptors (Lipinski definition) is 2. The van der Waals surface area contributed by atoms with Crippen LogP contribution in [-0.4, -0.2) is 11.5 Å². The van der Waals surface area contributed by atoms with Crippen LogP contribution in [0.15, 0.2) is 35.2 Å². The summed E-state index contributed by atoms with van der Waals surface area (Å²) in [6.45, 7) is 4.14. The molecule has 0 heterocycles. The highest BCUT2D eigenvalue weighted by Crippen LogP contribution is 2.19. The molecule has 0 N–H and O–H groups in total. The summed E-state index contributed by atoms with van der Waals surface area (Å²) in [6.07, 6.45) is 2.09. The van der Waals surface area contributed by atoms with Gasteiger partial charge >= 0.3 is 0 Å². The summed E-state index contributed by atoms with van der Waals surface area (Å²) < 4.78 is 0. The van der Waals surface area contributed by atoms with E-state index in [9.17, 15) is 4.79 Å². The highest BCUT2D eigenvalue weighted by Gasteiger charge is 2.11. The molecule has 82 valence electrons. The van der Waals surface area contributed by atoms with Crippen molar-refractivity contribution < 1.29 is 4.79 Å². The van der Waals surface area contributed by atoms with E-state index in [1.165, 1.54) is 4.90 Å². The molecular weight excluding hydrogens is 204 g/mol. The molecule has 1 aromatic carbocycles. The van der Waals surface area contributed by atoms with Gasteiger partial charge in [-0.15, -0.1) is 11.8 Å². The maximum absolute atomic E-state index is 11.7. The molecule has 0 bridgehead atoms. The average Bonchev–Trinajstić information content (AvgIpc) is 2.27. The van der Waals surface area contributed by atoms with E-state index < -0.39 is 0 Å². The monoisotopic (exact) mass is 222 g/mol. The van der Waals surface area contributed by atoms with E-state index in [0.717, 1.165) is 12.8 Å². The molecule has 15 heavy (non-hydrogen) atoms. The van der Waals surface area contributed by atoms with Crippen LogP contribution in [0.1, 0.15) is 26.7 Å². The number of carbonyl (C=O) groups excluding carboxylic acids is 1. The lowest BCUT2D eigenvalue weighted by atomic mass is 10.0. The summed E-state index contributed by atoms with van der Waals surface area (Å²) in [5.74, 6) is 1.18. The van der Waals surface area contributed by atoms with E-state index in [-0.39, 0.29) is 5.92 Å². The molecule has 0 aliphatic heterocycles. The van der Waals surface area contributed by atoms with Crippen LogP contribution >= 0.6 is 11.8 Å². The van der Waals surface area contributed by atoms with Gasteiger partial charge in [-0.3, -0.25) is 4.79 Å². The quantitative estimate of drug-likeness (QED) is 0.681. The van der Waals surface area contributed by atoms with E-state index in [2.05, 4.69) is 6.92 Å². The highest BCUT2D eigenvalue weighted by molar-refractivity contribution is 8.00. The van der Waals surface area contributed by atoms with Crippen LogP contribution in [0.5, 0.6) is 0 Å². The van der Waals surface area contributed by atoms with Gasteiger partial charge in [0.05, 0.1) is 5.75 Å². The van der Waals surface area contributed by atoms with Crippen molar-refractivity contribution in [2.75, 3.05) is 5.75 Å². The Bertz CT molecular complexity index is 295. The fourth-order valence-corrected chi connectivity index (χ4v) is 2.35. The zero-order valence-corrected chi connectivity index (χ0v) is 10.2. The number of benzene rings is 1. The Labute approximate surface area is 96.3 Å². The standard InChI is InChI=1S/C13H18OS/c1-3-7-11(2)13(14)10-15-12-8-5-4-6-9-12/h4-6,8-9,11H,3,7,10H2,1-2H3. The minimum absolute atomic E-state index is 0.214. The van der Waals surface area contributed by atoms with E-state index in [4.69, 9.17) is 0 Å². The fourth-order valence-electron chi connectivity index (χ4n) is 1.41. The Balaban J connectivity index is 2.34. The van der Waals surface area contributed by atoms with Crippen LogP contribution in [0.2, 0.25) is 0 Å². The van der Waals surface area contributed by atoms with Crippen molar-refractivity contribution in [3.05, 3.63) is 30.3 Å². The Morgan fingerprint density at radius 2 is 2.00 bits per heavy atom. The van der Waals surface area contributed by atoms with Crippen molar-refractivity contribution in [3.8, 4) is 0 Å². The SMILES string of the molecule is CCCC(C)C(=O)CSc1ccccc1. The van der Waals surface area contributed by atoms with Gasteiger partial charge in [0, 0.05) is 10.8 Å². The molecule has 1 unspecified atom stereocenters. The Morgan fingerprint density at radius 3 is 2.60 bits per heavy atom. The zero-order valence-electron chi connectivity index (χ0n) is 9.40. The van der Waals surface area contributed by atoms with Crippen LogP contribution in [0, 0.1) is 5.92 Å². The van der Waals surface area contributed by atoms with Gasteiger partial charge in [-0.05, 0) is 18.6 Å². The second-order valence-corrected chi connectivity index (χ2v) is 4.81. The molecule has 1 rings (SSSR count). The number of thioether (sulfide) groups is 1. The Kier molecular flexibility index (Phi) is 5.48. The molecular formula is C13H18OS. The maximum Gasteiger partial charge on any atom is 0.145 e. The Hall–Kier alpha value is -0.760. The fraction of sp³-hybridized carbons (Fsp3) is 0.462. The molecule has 0 amide bonds. The molecule has 2 heteroatoms. The first-order valence-electron chi connectivity index (χ1n) is 5.44. The van der Waals surface area contributed by atoms with Crippen molar-refractivity contribution in [3.63, 3.8) is 0 Å². The topological polar surface area (TPSA) is 17.1 Å². The summed E-state index contributed by atoms with van der Waals surface area (Å²) in [5, 5.41) is 0. The first-order valence-corrected chi connectivity index (χ1v) is 6.43. The van der Waals surface area contributed by atoms with Crippen molar-refractivity contribution in [2.45, 2.75) is 31.6 Å². The molecule has 1 atom stereocenters. The van der Waals surface area contributed by atoms with Crippen LogP contribution in [-0.2, 0) is 4.79 Å². The molecule has 0 saturated carbocycles. The average molecular weight is 222 g/mol. The summed E-state index contributed by atoms with van der Waals surface area (Å²) in [7, 11) is 0. The third-order valence-electron chi connectivity index (χ3n) is 2.40. The lowest BCUT2D eigenvalue weighted by Gasteiger charge is -2.08. The number of carbonyl (C=O) groups is 1. The minimum Gasteiger partial charge on any atom is -0.298 e. The van der Waals surface area contributed by atoms with Gasteiger partial charge in [-0.1, -0.05) is 38.5 Å². The molecule has 0 saturated heterocycles. The van der Waals surface area contributed by atoms with Gasteiger partial charge < -0.3 is 0 Å². The first kappa shape index (κ1) is 12.3. The van der Waals surface area contributed by atoms with Crippen LogP contribution in [0.3, 0.4) is 0 Å². The van der Waals surface area contributed by atoms with Gasteiger partial charge in [-0.25, -0.2) is 0 Å². The lowest BCUT2D eigenvalue weighted by Crippen LogP contribution is -2.12. The van der Waals surface area contributed by atoms with E-state index in [1.54, 1.807) is 11.8 Å². The maximum atomic E-state index is 11.7. The summed E-state index contributed by atoms with van der Waals surface area (Å²) in [4.78, 5) is 12.9. The molecule has 0 aromatic heterocycles. The smallest absolute Gasteiger partial charge is 0.145 e. The first-order chi connectivity index (χ1) is 7.24. The molecule has 1 aromatic rings. The van der Waals surface area contributed by atoms with Crippen LogP contribution in [0.4, 0.5) is 0 Å². The highest BCUT2D eigenvalue weighted by atomic mass is 32.2. The lowest BCUT2D eigenvalue weighted by molar-refractivity contribution is -0.120.